The maximum absolute atomic E-state index is 13.3. The van der Waals surface area contributed by atoms with Crippen molar-refractivity contribution in [1.82, 2.24) is 10.6 Å². The van der Waals surface area contributed by atoms with E-state index in [0.29, 0.717) is 6.54 Å². The summed E-state index contributed by atoms with van der Waals surface area (Å²) in [6.07, 6.45) is 0.913. The zero-order chi connectivity index (χ0) is 14.3. The highest BCUT2D eigenvalue weighted by atomic mass is 19.1. The molecule has 0 aromatic heterocycles. The lowest BCUT2D eigenvalue weighted by atomic mass is 10.1. The van der Waals surface area contributed by atoms with E-state index in [1.165, 1.54) is 13.2 Å². The number of benzene rings is 1. The number of rotatable bonds is 7. The molecule has 0 aliphatic rings. The van der Waals surface area contributed by atoms with Gasteiger partial charge in [0.2, 0.25) is 5.91 Å². The Morgan fingerprint density at radius 3 is 2.84 bits per heavy atom. The summed E-state index contributed by atoms with van der Waals surface area (Å²) in [7, 11) is 1.43. The Labute approximate surface area is 113 Å². The van der Waals surface area contributed by atoms with E-state index in [4.69, 9.17) is 4.74 Å². The Kier molecular flexibility index (Phi) is 6.29. The van der Waals surface area contributed by atoms with Crippen molar-refractivity contribution < 1.29 is 13.9 Å². The molecule has 0 aliphatic carbocycles. The first-order chi connectivity index (χ1) is 9.08. The molecule has 1 unspecified atom stereocenters. The van der Waals surface area contributed by atoms with Crippen molar-refractivity contribution in [1.29, 1.82) is 0 Å². The number of hydrogen-bond acceptors (Lipinski definition) is 3. The van der Waals surface area contributed by atoms with Gasteiger partial charge in [0.1, 0.15) is 0 Å². The standard InChI is InChI=1S/C14H21FN2O2/c1-4-7-16-14(18)9-17-10(2)11-5-6-12(15)13(8-11)19-3/h5-6,8,10,17H,4,7,9H2,1-3H3,(H,16,18). The summed E-state index contributed by atoms with van der Waals surface area (Å²) < 4.78 is 18.2. The third-order valence-corrected chi connectivity index (χ3v) is 2.82. The van der Waals surface area contributed by atoms with Crippen molar-refractivity contribution in [3.05, 3.63) is 29.6 Å². The monoisotopic (exact) mass is 268 g/mol. The Bertz CT molecular complexity index is 424. The zero-order valence-corrected chi connectivity index (χ0v) is 11.6. The van der Waals surface area contributed by atoms with Crippen LogP contribution >= 0.6 is 0 Å². The third kappa shape index (κ3) is 4.87. The molecule has 1 amide bonds. The van der Waals surface area contributed by atoms with Crippen LogP contribution in [0, 0.1) is 5.82 Å². The number of halogens is 1. The summed E-state index contributed by atoms with van der Waals surface area (Å²) >= 11 is 0. The minimum atomic E-state index is -0.390. The van der Waals surface area contributed by atoms with Crippen molar-refractivity contribution in [2.75, 3.05) is 20.2 Å². The van der Waals surface area contributed by atoms with Crippen molar-refractivity contribution in [3.8, 4) is 5.75 Å². The topological polar surface area (TPSA) is 50.4 Å². The molecular weight excluding hydrogens is 247 g/mol. The molecule has 4 nitrogen and oxygen atoms in total. The van der Waals surface area contributed by atoms with Crippen LogP contribution < -0.4 is 15.4 Å². The van der Waals surface area contributed by atoms with Crippen LogP contribution in [0.25, 0.3) is 0 Å². The molecule has 0 aliphatic heterocycles. The summed E-state index contributed by atoms with van der Waals surface area (Å²) in [6, 6.07) is 4.63. The number of methoxy groups -OCH3 is 1. The van der Waals surface area contributed by atoms with Gasteiger partial charge in [-0.15, -0.1) is 0 Å². The zero-order valence-electron chi connectivity index (χ0n) is 11.6. The number of ether oxygens (including phenoxy) is 1. The Hall–Kier alpha value is -1.62. The van der Waals surface area contributed by atoms with Crippen molar-refractivity contribution in [2.45, 2.75) is 26.3 Å². The fourth-order valence-electron chi connectivity index (χ4n) is 1.64. The van der Waals surface area contributed by atoms with E-state index in [9.17, 15) is 9.18 Å². The van der Waals surface area contributed by atoms with E-state index in [2.05, 4.69) is 10.6 Å². The minimum absolute atomic E-state index is 0.0391. The molecule has 0 bridgehead atoms. The highest BCUT2D eigenvalue weighted by Crippen LogP contribution is 2.22. The van der Waals surface area contributed by atoms with Crippen LogP contribution in [0.3, 0.4) is 0 Å². The molecule has 5 heteroatoms. The lowest BCUT2D eigenvalue weighted by molar-refractivity contribution is -0.120. The largest absolute Gasteiger partial charge is 0.494 e. The smallest absolute Gasteiger partial charge is 0.233 e. The lowest BCUT2D eigenvalue weighted by Crippen LogP contribution is -2.35. The molecule has 0 fully saturated rings. The maximum Gasteiger partial charge on any atom is 0.233 e. The highest BCUT2D eigenvalue weighted by molar-refractivity contribution is 5.77. The van der Waals surface area contributed by atoms with E-state index in [-0.39, 0.29) is 30.1 Å². The molecule has 1 atom stereocenters. The number of hydrogen-bond donors (Lipinski definition) is 2. The highest BCUT2D eigenvalue weighted by Gasteiger charge is 2.10. The van der Waals surface area contributed by atoms with Crippen molar-refractivity contribution in [3.63, 3.8) is 0 Å². The van der Waals surface area contributed by atoms with Gasteiger partial charge in [-0.25, -0.2) is 4.39 Å². The molecule has 0 heterocycles. The Balaban J connectivity index is 2.53. The summed E-state index contributed by atoms with van der Waals surface area (Å²) in [5, 5.41) is 5.87. The molecule has 1 aromatic carbocycles. The van der Waals surface area contributed by atoms with Gasteiger partial charge in [-0.05, 0) is 31.0 Å². The number of nitrogens with one attached hydrogen (secondary N) is 2. The molecule has 1 rings (SSSR count). The quantitative estimate of drug-likeness (QED) is 0.795. The molecule has 0 spiro atoms. The van der Waals surface area contributed by atoms with Gasteiger partial charge < -0.3 is 15.4 Å². The first-order valence-corrected chi connectivity index (χ1v) is 6.42. The number of carbonyl (C=O) groups excluding carboxylic acids is 1. The average Bonchev–Trinajstić information content (AvgIpc) is 2.42. The van der Waals surface area contributed by atoms with Crippen LogP contribution in [0.2, 0.25) is 0 Å². The first-order valence-electron chi connectivity index (χ1n) is 6.42. The molecule has 0 radical (unpaired) electrons. The van der Waals surface area contributed by atoms with E-state index < -0.39 is 0 Å². The van der Waals surface area contributed by atoms with Crippen LogP contribution in [0.1, 0.15) is 31.9 Å². The van der Waals surface area contributed by atoms with E-state index in [1.807, 2.05) is 13.8 Å². The van der Waals surface area contributed by atoms with Gasteiger partial charge in [-0.1, -0.05) is 13.0 Å². The Morgan fingerprint density at radius 2 is 2.21 bits per heavy atom. The first kappa shape index (κ1) is 15.4. The number of amides is 1. The molecule has 19 heavy (non-hydrogen) atoms. The molecule has 106 valence electrons. The Morgan fingerprint density at radius 1 is 1.47 bits per heavy atom. The van der Waals surface area contributed by atoms with Gasteiger partial charge in [0.05, 0.1) is 13.7 Å². The predicted octanol–water partition coefficient (Wildman–Crippen LogP) is 2.01. The predicted molar refractivity (Wildman–Crippen MR) is 72.7 cm³/mol. The van der Waals surface area contributed by atoms with E-state index in [0.717, 1.165) is 12.0 Å². The van der Waals surface area contributed by atoms with Gasteiger partial charge in [0.25, 0.3) is 0 Å². The van der Waals surface area contributed by atoms with Crippen LogP contribution in [0.4, 0.5) is 4.39 Å². The van der Waals surface area contributed by atoms with Gasteiger partial charge in [0.15, 0.2) is 11.6 Å². The van der Waals surface area contributed by atoms with Crippen LogP contribution in [0.5, 0.6) is 5.75 Å². The average molecular weight is 268 g/mol. The lowest BCUT2D eigenvalue weighted by Gasteiger charge is -2.15. The fraction of sp³-hybridized carbons (Fsp3) is 0.500. The summed E-state index contributed by atoms with van der Waals surface area (Å²) in [5.74, 6) is -0.219. The van der Waals surface area contributed by atoms with E-state index >= 15 is 0 Å². The molecular formula is C14H21FN2O2. The second-order valence-corrected chi connectivity index (χ2v) is 4.35. The van der Waals surface area contributed by atoms with Gasteiger partial charge >= 0.3 is 0 Å². The summed E-state index contributed by atoms with van der Waals surface area (Å²) in [4.78, 5) is 11.5. The van der Waals surface area contributed by atoms with Gasteiger partial charge in [-0.3, -0.25) is 4.79 Å². The van der Waals surface area contributed by atoms with E-state index in [1.54, 1.807) is 12.1 Å². The van der Waals surface area contributed by atoms with Gasteiger partial charge in [-0.2, -0.15) is 0 Å². The normalized spacial score (nSPS) is 12.0. The maximum atomic E-state index is 13.3. The molecule has 0 saturated heterocycles. The second-order valence-electron chi connectivity index (χ2n) is 4.35. The van der Waals surface area contributed by atoms with Crippen LogP contribution in [-0.2, 0) is 4.79 Å². The number of carbonyl (C=O) groups is 1. The molecule has 2 N–H and O–H groups in total. The third-order valence-electron chi connectivity index (χ3n) is 2.82. The van der Waals surface area contributed by atoms with Crippen LogP contribution in [-0.4, -0.2) is 26.1 Å². The SMILES string of the molecule is CCCNC(=O)CNC(C)c1ccc(F)c(OC)c1. The van der Waals surface area contributed by atoms with Crippen molar-refractivity contribution >= 4 is 5.91 Å². The fourth-order valence-corrected chi connectivity index (χ4v) is 1.64. The molecule has 0 saturated carbocycles. The second kappa shape index (κ2) is 7.74. The van der Waals surface area contributed by atoms with Crippen LogP contribution in [0.15, 0.2) is 18.2 Å². The van der Waals surface area contributed by atoms with Gasteiger partial charge in [0, 0.05) is 12.6 Å². The van der Waals surface area contributed by atoms with Crippen molar-refractivity contribution in [2.24, 2.45) is 0 Å². The minimum Gasteiger partial charge on any atom is -0.494 e. The molecule has 1 aromatic rings. The summed E-state index contributed by atoms with van der Waals surface area (Å²) in [5.41, 5.74) is 0.876. The summed E-state index contributed by atoms with van der Waals surface area (Å²) in [6.45, 7) is 4.83.